The number of nitro benzene ring substituents is 1. The smallest absolute Gasteiger partial charge is 0.258 e. The van der Waals surface area contributed by atoms with Crippen molar-refractivity contribution in [3.8, 4) is 44.5 Å². The SMILES string of the molecule is O=[N+]([O-])c1ccc(-c2cc(-c3ccccc3)cc(-c3ccccc3)c2)cc1-c1cccc2sc3ccccc3c12. The first-order valence-electron chi connectivity index (χ1n) is 13.1. The first-order chi connectivity index (χ1) is 19.7. The summed E-state index contributed by atoms with van der Waals surface area (Å²) in [7, 11) is 0. The molecular formula is C36H23NO2S. The number of fused-ring (bicyclic) bond motifs is 3. The maximum atomic E-state index is 12.3. The maximum absolute atomic E-state index is 12.3. The van der Waals surface area contributed by atoms with Crippen molar-refractivity contribution in [1.82, 2.24) is 0 Å². The van der Waals surface area contributed by atoms with E-state index in [9.17, 15) is 10.1 Å². The highest BCUT2D eigenvalue weighted by atomic mass is 32.1. The van der Waals surface area contributed by atoms with Crippen LogP contribution in [0.2, 0.25) is 0 Å². The van der Waals surface area contributed by atoms with E-state index in [0.29, 0.717) is 5.56 Å². The van der Waals surface area contributed by atoms with Crippen LogP contribution in [-0.2, 0) is 0 Å². The van der Waals surface area contributed by atoms with Gasteiger partial charge in [-0.1, -0.05) is 91.0 Å². The van der Waals surface area contributed by atoms with E-state index in [-0.39, 0.29) is 10.6 Å². The Kier molecular flexibility index (Phi) is 5.95. The zero-order valence-electron chi connectivity index (χ0n) is 21.5. The molecule has 0 saturated carbocycles. The van der Waals surface area contributed by atoms with Gasteiger partial charge in [0, 0.05) is 26.2 Å². The van der Waals surface area contributed by atoms with Crippen LogP contribution in [0.25, 0.3) is 64.7 Å². The molecule has 0 atom stereocenters. The fourth-order valence-electron chi connectivity index (χ4n) is 5.48. The van der Waals surface area contributed by atoms with Crippen LogP contribution in [0.1, 0.15) is 0 Å². The Balaban J connectivity index is 1.47. The maximum Gasteiger partial charge on any atom is 0.277 e. The fourth-order valence-corrected chi connectivity index (χ4v) is 6.61. The molecule has 0 fully saturated rings. The summed E-state index contributed by atoms with van der Waals surface area (Å²) in [4.78, 5) is 12.0. The van der Waals surface area contributed by atoms with Crippen molar-refractivity contribution in [2.45, 2.75) is 0 Å². The van der Waals surface area contributed by atoms with Gasteiger partial charge < -0.3 is 0 Å². The van der Waals surface area contributed by atoms with Crippen LogP contribution in [0.15, 0.2) is 140 Å². The highest BCUT2D eigenvalue weighted by Gasteiger charge is 2.20. The molecule has 40 heavy (non-hydrogen) atoms. The van der Waals surface area contributed by atoms with Gasteiger partial charge in [0.1, 0.15) is 0 Å². The molecule has 7 rings (SSSR count). The van der Waals surface area contributed by atoms with Crippen LogP contribution in [-0.4, -0.2) is 4.92 Å². The number of nitrogens with zero attached hydrogens (tertiary/aromatic N) is 1. The summed E-state index contributed by atoms with van der Waals surface area (Å²) in [6.45, 7) is 0. The minimum absolute atomic E-state index is 0.106. The van der Waals surface area contributed by atoms with Crippen LogP contribution in [0.3, 0.4) is 0 Å². The number of rotatable bonds is 5. The second kappa shape index (κ2) is 9.92. The van der Waals surface area contributed by atoms with E-state index in [2.05, 4.69) is 60.7 Å². The molecule has 3 nitrogen and oxygen atoms in total. The highest BCUT2D eigenvalue weighted by Crippen LogP contribution is 2.44. The molecule has 0 amide bonds. The third-order valence-electron chi connectivity index (χ3n) is 7.37. The number of hydrogen-bond donors (Lipinski definition) is 0. The predicted octanol–water partition coefficient (Wildman–Crippen LogP) is 10.6. The van der Waals surface area contributed by atoms with Crippen LogP contribution in [0, 0.1) is 10.1 Å². The summed E-state index contributed by atoms with van der Waals surface area (Å²) in [6, 6.07) is 47.0. The van der Waals surface area contributed by atoms with Crippen LogP contribution < -0.4 is 0 Å². The van der Waals surface area contributed by atoms with Gasteiger partial charge >= 0.3 is 0 Å². The normalized spacial score (nSPS) is 11.2. The highest BCUT2D eigenvalue weighted by molar-refractivity contribution is 7.25. The Morgan fingerprint density at radius 2 is 1.05 bits per heavy atom. The molecule has 1 heterocycles. The summed E-state index contributed by atoms with van der Waals surface area (Å²) in [6.07, 6.45) is 0. The third-order valence-corrected chi connectivity index (χ3v) is 8.50. The predicted molar refractivity (Wildman–Crippen MR) is 168 cm³/mol. The lowest BCUT2D eigenvalue weighted by Crippen LogP contribution is -1.94. The molecule has 0 spiro atoms. The average Bonchev–Trinajstić information content (AvgIpc) is 3.40. The van der Waals surface area contributed by atoms with Gasteiger partial charge in [0.05, 0.1) is 10.5 Å². The lowest BCUT2D eigenvalue weighted by molar-refractivity contribution is -0.384. The average molecular weight is 534 g/mol. The quantitative estimate of drug-likeness (QED) is 0.163. The van der Waals surface area contributed by atoms with E-state index in [4.69, 9.17) is 0 Å². The van der Waals surface area contributed by atoms with Crippen molar-refractivity contribution < 1.29 is 4.92 Å². The molecule has 4 heteroatoms. The molecule has 190 valence electrons. The van der Waals surface area contributed by atoms with Gasteiger partial charge in [0.2, 0.25) is 0 Å². The monoisotopic (exact) mass is 533 g/mol. The molecule has 0 aliphatic heterocycles. The molecule has 0 aliphatic carbocycles. The summed E-state index contributed by atoms with van der Waals surface area (Å²) >= 11 is 1.71. The van der Waals surface area contributed by atoms with Crippen molar-refractivity contribution >= 4 is 37.2 Å². The number of nitro groups is 1. The Morgan fingerprint density at radius 1 is 0.475 bits per heavy atom. The topological polar surface area (TPSA) is 43.1 Å². The van der Waals surface area contributed by atoms with Gasteiger partial charge in [-0.15, -0.1) is 11.3 Å². The molecule has 0 bridgehead atoms. The Bertz CT molecular complexity index is 1970. The zero-order chi connectivity index (χ0) is 27.1. The van der Waals surface area contributed by atoms with Crippen molar-refractivity contribution in [3.05, 3.63) is 150 Å². The minimum Gasteiger partial charge on any atom is -0.258 e. The first-order valence-corrected chi connectivity index (χ1v) is 13.9. The molecule has 0 unspecified atom stereocenters. The van der Waals surface area contributed by atoms with E-state index in [1.165, 1.54) is 4.70 Å². The molecule has 1 aromatic heterocycles. The van der Waals surface area contributed by atoms with Crippen molar-refractivity contribution in [1.29, 1.82) is 0 Å². The first kappa shape index (κ1) is 24.0. The lowest BCUT2D eigenvalue weighted by atomic mass is 9.91. The van der Waals surface area contributed by atoms with E-state index >= 15 is 0 Å². The summed E-state index contributed by atoms with van der Waals surface area (Å²) in [5, 5.41) is 14.4. The van der Waals surface area contributed by atoms with Crippen LogP contribution in [0.5, 0.6) is 0 Å². The molecule has 0 radical (unpaired) electrons. The minimum atomic E-state index is -0.276. The Hall–Kier alpha value is -5.06. The molecular weight excluding hydrogens is 510 g/mol. The lowest BCUT2D eigenvalue weighted by Gasteiger charge is -2.13. The standard InChI is InChI=1S/C36H23NO2S/c38-37(39)33-19-18-26(23-32(33)30-15-9-17-35-36(30)31-14-7-8-16-34(31)40-35)29-21-27(24-10-3-1-4-11-24)20-28(22-29)25-12-5-2-6-13-25/h1-23H. The van der Waals surface area contributed by atoms with Gasteiger partial charge in [-0.05, 0) is 81.4 Å². The number of hydrogen-bond acceptors (Lipinski definition) is 3. The van der Waals surface area contributed by atoms with Gasteiger partial charge in [0.25, 0.3) is 5.69 Å². The Labute approximate surface area is 235 Å². The van der Waals surface area contributed by atoms with Gasteiger partial charge in [0.15, 0.2) is 0 Å². The fraction of sp³-hybridized carbons (Fsp3) is 0. The molecule has 6 aromatic carbocycles. The second-order valence-electron chi connectivity index (χ2n) is 9.80. The molecule has 0 aliphatic rings. The molecule has 0 N–H and O–H groups in total. The number of thiophene rings is 1. The number of benzene rings is 6. The van der Waals surface area contributed by atoms with Crippen molar-refractivity contribution in [3.63, 3.8) is 0 Å². The van der Waals surface area contributed by atoms with E-state index < -0.39 is 0 Å². The van der Waals surface area contributed by atoms with Crippen LogP contribution >= 0.6 is 11.3 Å². The van der Waals surface area contributed by atoms with Gasteiger partial charge in [-0.25, -0.2) is 0 Å². The summed E-state index contributed by atoms with van der Waals surface area (Å²) in [5.41, 5.74) is 8.01. The third kappa shape index (κ3) is 4.25. The summed E-state index contributed by atoms with van der Waals surface area (Å²) in [5.74, 6) is 0. The second-order valence-corrected chi connectivity index (χ2v) is 10.9. The van der Waals surface area contributed by atoms with Crippen molar-refractivity contribution in [2.24, 2.45) is 0 Å². The molecule has 7 aromatic rings. The largest absolute Gasteiger partial charge is 0.277 e. The zero-order valence-corrected chi connectivity index (χ0v) is 22.3. The van der Waals surface area contributed by atoms with Crippen LogP contribution in [0.4, 0.5) is 5.69 Å². The van der Waals surface area contributed by atoms with E-state index in [1.54, 1.807) is 17.4 Å². The Morgan fingerprint density at radius 3 is 1.70 bits per heavy atom. The van der Waals surface area contributed by atoms with Gasteiger partial charge in [-0.2, -0.15) is 0 Å². The van der Waals surface area contributed by atoms with E-state index in [1.807, 2.05) is 72.8 Å². The van der Waals surface area contributed by atoms with Gasteiger partial charge in [-0.3, -0.25) is 10.1 Å². The molecule has 0 saturated heterocycles. The van der Waals surface area contributed by atoms with Crippen molar-refractivity contribution in [2.75, 3.05) is 0 Å². The summed E-state index contributed by atoms with van der Waals surface area (Å²) < 4.78 is 2.29. The van der Waals surface area contributed by atoms with E-state index in [0.717, 1.165) is 54.4 Å².